The molecule has 2 heterocycles. The first-order valence-corrected chi connectivity index (χ1v) is 13.2. The fraction of sp³-hybridized carbons (Fsp3) is 0.467. The third-order valence-corrected chi connectivity index (χ3v) is 7.61. The molecule has 11 nitrogen and oxygen atoms in total. The predicted molar refractivity (Wildman–Crippen MR) is 150 cm³/mol. The van der Waals surface area contributed by atoms with Crippen LogP contribution in [0, 0.1) is 0 Å². The number of carbonyl (C=O) groups is 2. The van der Waals surface area contributed by atoms with E-state index in [1.807, 2.05) is 7.05 Å². The zero-order chi connectivity index (χ0) is 29.7. The molecular formula is C30H37NO10. The van der Waals surface area contributed by atoms with Gasteiger partial charge in [0.1, 0.15) is 12.2 Å². The Balaban J connectivity index is 1.40. The molecule has 2 bridgehead atoms. The van der Waals surface area contributed by atoms with E-state index in [4.69, 9.17) is 37.9 Å². The number of rotatable bonds is 11. The molecule has 4 atom stereocenters. The Hall–Kier alpha value is -4.12. The van der Waals surface area contributed by atoms with Crippen molar-refractivity contribution < 1.29 is 47.5 Å². The lowest BCUT2D eigenvalue weighted by Crippen LogP contribution is -2.46. The molecule has 2 aliphatic rings. The molecule has 0 amide bonds. The van der Waals surface area contributed by atoms with Gasteiger partial charge >= 0.3 is 11.9 Å². The summed E-state index contributed by atoms with van der Waals surface area (Å²) in [6, 6.07) is 6.66. The third kappa shape index (κ3) is 6.30. The lowest BCUT2D eigenvalue weighted by atomic mass is 10.00. The molecule has 41 heavy (non-hydrogen) atoms. The predicted octanol–water partition coefficient (Wildman–Crippen LogP) is 3.76. The van der Waals surface area contributed by atoms with E-state index in [0.717, 1.165) is 0 Å². The van der Waals surface area contributed by atoms with Crippen LogP contribution in [0.2, 0.25) is 0 Å². The fourth-order valence-corrected chi connectivity index (χ4v) is 5.57. The van der Waals surface area contributed by atoms with Crippen LogP contribution < -0.4 is 28.4 Å². The zero-order valence-electron chi connectivity index (χ0n) is 24.4. The van der Waals surface area contributed by atoms with Gasteiger partial charge in [-0.1, -0.05) is 0 Å². The maximum atomic E-state index is 13.1. The number of benzene rings is 2. The molecule has 0 aliphatic carbocycles. The van der Waals surface area contributed by atoms with Gasteiger partial charge in [-0.15, -0.1) is 0 Å². The van der Waals surface area contributed by atoms with Gasteiger partial charge in [-0.3, -0.25) is 4.90 Å². The molecule has 4 unspecified atom stereocenters. The lowest BCUT2D eigenvalue weighted by Gasteiger charge is -2.36. The average molecular weight is 572 g/mol. The molecular weight excluding hydrogens is 534 g/mol. The van der Waals surface area contributed by atoms with Crippen LogP contribution in [-0.4, -0.2) is 90.8 Å². The smallest absolute Gasteiger partial charge is 0.338 e. The van der Waals surface area contributed by atoms with E-state index in [1.54, 1.807) is 30.3 Å². The molecule has 222 valence electrons. The highest BCUT2D eigenvalue weighted by Gasteiger charge is 2.47. The van der Waals surface area contributed by atoms with Gasteiger partial charge in [-0.05, 0) is 43.0 Å². The van der Waals surface area contributed by atoms with Gasteiger partial charge < -0.3 is 37.9 Å². The molecule has 0 aromatic heterocycles. The minimum Gasteiger partial charge on any atom is -0.493 e. The Bertz CT molecular complexity index is 1240. The lowest BCUT2D eigenvalue weighted by molar-refractivity contribution is -0.144. The molecule has 0 saturated carbocycles. The number of nitrogens with zero attached hydrogens (tertiary/aromatic N) is 1. The third-order valence-electron chi connectivity index (χ3n) is 7.61. The number of hydrogen-bond donors (Lipinski definition) is 0. The summed E-state index contributed by atoms with van der Waals surface area (Å²) in [7, 11) is 11.1. The Morgan fingerprint density at radius 3 is 1.78 bits per heavy atom. The van der Waals surface area contributed by atoms with Gasteiger partial charge in [0.25, 0.3) is 0 Å². The molecule has 0 N–H and O–H groups in total. The summed E-state index contributed by atoms with van der Waals surface area (Å²) in [5.74, 6) is 1.62. The summed E-state index contributed by atoms with van der Waals surface area (Å²) < 4.78 is 43.9. The second-order valence-corrected chi connectivity index (χ2v) is 9.80. The summed E-state index contributed by atoms with van der Waals surface area (Å²) in [5.41, 5.74) is 0.989. The van der Waals surface area contributed by atoms with Gasteiger partial charge in [0.05, 0.1) is 54.3 Å². The van der Waals surface area contributed by atoms with Crippen molar-refractivity contribution in [3.63, 3.8) is 0 Å². The van der Waals surface area contributed by atoms with Crippen molar-refractivity contribution in [3.8, 4) is 34.5 Å². The summed E-state index contributed by atoms with van der Waals surface area (Å²) in [6.07, 6.45) is 4.20. The highest BCUT2D eigenvalue weighted by atomic mass is 16.6. The summed E-state index contributed by atoms with van der Waals surface area (Å²) in [5, 5.41) is 0. The number of methoxy groups -OCH3 is 6. The van der Waals surface area contributed by atoms with Crippen molar-refractivity contribution in [2.45, 2.75) is 43.6 Å². The first-order chi connectivity index (χ1) is 19.8. The Morgan fingerprint density at radius 2 is 1.27 bits per heavy atom. The first-order valence-electron chi connectivity index (χ1n) is 13.2. The highest BCUT2D eigenvalue weighted by Crippen LogP contribution is 2.41. The van der Waals surface area contributed by atoms with Crippen LogP contribution in [0.5, 0.6) is 34.5 Å². The summed E-state index contributed by atoms with van der Waals surface area (Å²) >= 11 is 0. The van der Waals surface area contributed by atoms with Crippen molar-refractivity contribution in [1.29, 1.82) is 0 Å². The van der Waals surface area contributed by atoms with Crippen molar-refractivity contribution in [2.24, 2.45) is 0 Å². The van der Waals surface area contributed by atoms with Gasteiger partial charge in [-0.25, -0.2) is 9.59 Å². The van der Waals surface area contributed by atoms with Crippen molar-refractivity contribution in [2.75, 3.05) is 49.7 Å². The molecule has 11 heteroatoms. The summed E-state index contributed by atoms with van der Waals surface area (Å²) in [6.45, 7) is 0. The standard InChI is InChI=1S/C30H37NO10/c1-31-19-14-20(40-30(33)18-12-25(36-4)29(39-7)26(13-18)37-5)16-21(31)22(15-19)41-27(32)9-8-17-10-23(34-2)28(38-6)24(11-17)35-3/h8-13,19-22H,14-16H2,1-7H3. The van der Waals surface area contributed by atoms with E-state index in [1.165, 1.54) is 48.7 Å². The van der Waals surface area contributed by atoms with Crippen LogP contribution >= 0.6 is 0 Å². The first kappa shape index (κ1) is 29.9. The van der Waals surface area contributed by atoms with E-state index < -0.39 is 11.9 Å². The number of ether oxygens (including phenoxy) is 8. The topological polar surface area (TPSA) is 111 Å². The van der Waals surface area contributed by atoms with Gasteiger partial charge in [-0.2, -0.15) is 0 Å². The normalized spacial score (nSPS) is 21.7. The molecule has 2 fully saturated rings. The Kier molecular flexibility index (Phi) is 9.49. The van der Waals surface area contributed by atoms with Crippen LogP contribution in [-0.2, 0) is 14.3 Å². The number of likely N-dealkylation sites (N-methyl/N-ethyl adjacent to an activating group) is 1. The van der Waals surface area contributed by atoms with Crippen molar-refractivity contribution in [3.05, 3.63) is 41.5 Å². The SMILES string of the molecule is COc1cc(C=CC(=O)OC2CC3CC(OC(=O)c4cc(OC)c(OC)c(OC)c4)CC2N3C)cc(OC)c1OC. The van der Waals surface area contributed by atoms with Crippen molar-refractivity contribution in [1.82, 2.24) is 4.90 Å². The average Bonchev–Trinajstić information content (AvgIpc) is 3.14. The van der Waals surface area contributed by atoms with Crippen LogP contribution in [0.15, 0.2) is 30.3 Å². The monoisotopic (exact) mass is 571 g/mol. The van der Waals surface area contributed by atoms with E-state index in [9.17, 15) is 9.59 Å². The molecule has 0 radical (unpaired) electrons. The number of carbonyl (C=O) groups excluding carboxylic acids is 2. The maximum absolute atomic E-state index is 13.1. The number of hydrogen-bond acceptors (Lipinski definition) is 11. The molecule has 2 saturated heterocycles. The van der Waals surface area contributed by atoms with Crippen LogP contribution in [0.3, 0.4) is 0 Å². The number of fused-ring (bicyclic) bond motifs is 2. The zero-order valence-corrected chi connectivity index (χ0v) is 24.4. The molecule has 0 spiro atoms. The molecule has 4 rings (SSSR count). The fourth-order valence-electron chi connectivity index (χ4n) is 5.57. The molecule has 2 aliphatic heterocycles. The van der Waals surface area contributed by atoms with Crippen LogP contribution in [0.25, 0.3) is 6.08 Å². The van der Waals surface area contributed by atoms with Gasteiger partial charge in [0.15, 0.2) is 23.0 Å². The largest absolute Gasteiger partial charge is 0.493 e. The van der Waals surface area contributed by atoms with E-state index in [0.29, 0.717) is 64.9 Å². The minimum absolute atomic E-state index is 0.0787. The second kappa shape index (κ2) is 13.0. The van der Waals surface area contributed by atoms with E-state index in [-0.39, 0.29) is 24.3 Å². The highest BCUT2D eigenvalue weighted by molar-refractivity contribution is 5.91. The minimum atomic E-state index is -0.486. The quantitative estimate of drug-likeness (QED) is 0.290. The summed E-state index contributed by atoms with van der Waals surface area (Å²) in [4.78, 5) is 28.0. The Morgan fingerprint density at radius 1 is 0.732 bits per heavy atom. The molecule has 2 aromatic rings. The number of piperidine rings is 1. The van der Waals surface area contributed by atoms with E-state index in [2.05, 4.69) is 4.90 Å². The van der Waals surface area contributed by atoms with Gasteiger partial charge in [0.2, 0.25) is 11.5 Å². The van der Waals surface area contributed by atoms with Crippen molar-refractivity contribution >= 4 is 18.0 Å². The molecule has 2 aromatic carbocycles. The maximum Gasteiger partial charge on any atom is 0.338 e. The Labute approximate surface area is 239 Å². The van der Waals surface area contributed by atoms with Crippen LogP contribution in [0.4, 0.5) is 0 Å². The van der Waals surface area contributed by atoms with E-state index >= 15 is 0 Å². The number of esters is 2. The second-order valence-electron chi connectivity index (χ2n) is 9.80. The van der Waals surface area contributed by atoms with Crippen LogP contribution in [0.1, 0.15) is 35.2 Å². The van der Waals surface area contributed by atoms with Gasteiger partial charge in [0, 0.05) is 31.4 Å².